The zero-order valence-electron chi connectivity index (χ0n) is 15.4. The van der Waals surface area contributed by atoms with Crippen molar-refractivity contribution >= 4 is 23.4 Å². The molecule has 8 nitrogen and oxygen atoms in total. The van der Waals surface area contributed by atoms with Crippen LogP contribution in [0.3, 0.4) is 0 Å². The number of nitrogens with one attached hydrogen (secondary N) is 1. The number of amides is 2. The molecule has 2 aliphatic rings. The minimum atomic E-state index is -0.761. The van der Waals surface area contributed by atoms with E-state index in [1.807, 2.05) is 6.20 Å². The Hall–Kier alpha value is -3.17. The number of aromatic nitrogens is 2. The van der Waals surface area contributed by atoms with E-state index in [2.05, 4.69) is 10.4 Å². The topological polar surface area (TPSA) is 79.7 Å². The summed E-state index contributed by atoms with van der Waals surface area (Å²) < 4.78 is 36.3. The van der Waals surface area contributed by atoms with Crippen LogP contribution < -0.4 is 15.1 Å². The highest BCUT2D eigenvalue weighted by molar-refractivity contribution is 5.90. The van der Waals surface area contributed by atoms with Gasteiger partial charge in [-0.15, -0.1) is 0 Å². The fraction of sp³-hybridized carbons (Fsp3) is 0.389. The number of rotatable bonds is 4. The van der Waals surface area contributed by atoms with E-state index in [0.29, 0.717) is 13.1 Å². The highest BCUT2D eigenvalue weighted by Gasteiger charge is 2.34. The SMILES string of the molecule is CC(=O)NCC1CN(c2cc(F)c(N3Cc4cn(C)nc4C3)c(F)c2)C(=O)O1. The first-order valence-corrected chi connectivity index (χ1v) is 8.80. The number of ether oxygens (including phenoxy) is 1. The molecule has 1 unspecified atom stereocenters. The van der Waals surface area contributed by atoms with Gasteiger partial charge in [-0.25, -0.2) is 13.6 Å². The number of hydrogen-bond acceptors (Lipinski definition) is 5. The van der Waals surface area contributed by atoms with Gasteiger partial charge >= 0.3 is 6.09 Å². The average Bonchev–Trinajstić information content (AvgIpc) is 3.25. The zero-order chi connectivity index (χ0) is 20.0. The van der Waals surface area contributed by atoms with Gasteiger partial charge in [0.15, 0.2) is 11.6 Å². The summed E-state index contributed by atoms with van der Waals surface area (Å²) in [6, 6.07) is 2.24. The van der Waals surface area contributed by atoms with Crippen molar-refractivity contribution in [1.29, 1.82) is 0 Å². The molecule has 4 rings (SSSR count). The largest absolute Gasteiger partial charge is 0.442 e. The lowest BCUT2D eigenvalue weighted by atomic mass is 10.2. The molecule has 1 aromatic heterocycles. The molecular formula is C18H19F2N5O3. The summed E-state index contributed by atoms with van der Waals surface area (Å²) in [7, 11) is 1.80. The van der Waals surface area contributed by atoms with Crippen LogP contribution >= 0.6 is 0 Å². The van der Waals surface area contributed by atoms with Crippen molar-refractivity contribution in [2.45, 2.75) is 26.1 Å². The molecule has 0 spiro atoms. The van der Waals surface area contributed by atoms with Crippen molar-refractivity contribution in [2.75, 3.05) is 22.9 Å². The van der Waals surface area contributed by atoms with E-state index < -0.39 is 23.8 Å². The number of nitrogens with zero attached hydrogens (tertiary/aromatic N) is 4. The fourth-order valence-corrected chi connectivity index (χ4v) is 3.56. The molecule has 2 aliphatic heterocycles. The lowest BCUT2D eigenvalue weighted by Crippen LogP contribution is -2.33. The molecule has 2 amide bonds. The van der Waals surface area contributed by atoms with Crippen LogP contribution in [-0.4, -0.2) is 41.0 Å². The number of aryl methyl sites for hydroxylation is 1. The number of benzene rings is 1. The van der Waals surface area contributed by atoms with Crippen LogP contribution in [0.25, 0.3) is 0 Å². The average molecular weight is 391 g/mol. The van der Waals surface area contributed by atoms with E-state index in [1.54, 1.807) is 16.6 Å². The standard InChI is InChI=1S/C18H19F2N5O3/c1-10(26)21-5-13-8-25(18(27)28-13)12-3-14(19)17(15(20)4-12)24-7-11-6-23(2)22-16(11)9-24/h3-4,6,13H,5,7-9H2,1-2H3,(H,21,26). The molecule has 0 bridgehead atoms. The van der Waals surface area contributed by atoms with Crippen LogP contribution in [0.15, 0.2) is 18.3 Å². The summed E-state index contributed by atoms with van der Waals surface area (Å²) in [5, 5.41) is 6.84. The Labute approximate surface area is 159 Å². The van der Waals surface area contributed by atoms with Gasteiger partial charge in [-0.2, -0.15) is 5.10 Å². The predicted molar refractivity (Wildman–Crippen MR) is 95.8 cm³/mol. The number of carbonyl (C=O) groups is 2. The maximum atomic E-state index is 14.8. The molecule has 148 valence electrons. The maximum Gasteiger partial charge on any atom is 0.414 e. The van der Waals surface area contributed by atoms with Crippen molar-refractivity contribution in [1.82, 2.24) is 15.1 Å². The highest BCUT2D eigenvalue weighted by Crippen LogP contribution is 2.35. The van der Waals surface area contributed by atoms with Gasteiger partial charge in [-0.3, -0.25) is 14.4 Å². The minimum absolute atomic E-state index is 0.0738. The summed E-state index contributed by atoms with van der Waals surface area (Å²) in [5.74, 6) is -1.78. The molecule has 28 heavy (non-hydrogen) atoms. The van der Waals surface area contributed by atoms with Crippen LogP contribution in [0.4, 0.5) is 25.0 Å². The second-order valence-corrected chi connectivity index (χ2v) is 6.94. The highest BCUT2D eigenvalue weighted by atomic mass is 19.1. The summed E-state index contributed by atoms with van der Waals surface area (Å²) in [5.41, 5.74) is 1.64. The van der Waals surface area contributed by atoms with E-state index >= 15 is 0 Å². The first-order valence-electron chi connectivity index (χ1n) is 8.80. The second kappa shape index (κ2) is 6.77. The third kappa shape index (κ3) is 3.25. The van der Waals surface area contributed by atoms with E-state index in [1.165, 1.54) is 6.92 Å². The van der Waals surface area contributed by atoms with E-state index in [0.717, 1.165) is 28.3 Å². The van der Waals surface area contributed by atoms with E-state index in [9.17, 15) is 18.4 Å². The molecule has 0 saturated carbocycles. The molecule has 0 aliphatic carbocycles. The zero-order valence-corrected chi connectivity index (χ0v) is 15.4. The van der Waals surface area contributed by atoms with Crippen molar-refractivity contribution in [3.05, 3.63) is 41.2 Å². The molecule has 1 N–H and O–H groups in total. The number of anilines is 2. The second-order valence-electron chi connectivity index (χ2n) is 6.94. The first kappa shape index (κ1) is 18.2. The Kier molecular flexibility index (Phi) is 4.40. The smallest absolute Gasteiger partial charge is 0.414 e. The molecule has 1 aromatic carbocycles. The number of cyclic esters (lactones) is 1. The molecule has 1 saturated heterocycles. The minimum Gasteiger partial charge on any atom is -0.442 e. The van der Waals surface area contributed by atoms with Crippen molar-refractivity contribution in [2.24, 2.45) is 7.05 Å². The first-order chi connectivity index (χ1) is 13.3. The maximum absolute atomic E-state index is 14.8. The quantitative estimate of drug-likeness (QED) is 0.858. The van der Waals surface area contributed by atoms with Gasteiger partial charge in [0, 0.05) is 44.4 Å². The fourth-order valence-electron chi connectivity index (χ4n) is 3.56. The Morgan fingerprint density at radius 2 is 2.04 bits per heavy atom. The van der Waals surface area contributed by atoms with Gasteiger partial charge in [0.25, 0.3) is 0 Å². The predicted octanol–water partition coefficient (Wildman–Crippen LogP) is 1.68. The normalized spacial score (nSPS) is 18.4. The van der Waals surface area contributed by atoms with Crippen molar-refractivity contribution < 1.29 is 23.1 Å². The Balaban J connectivity index is 1.52. The van der Waals surface area contributed by atoms with Gasteiger partial charge in [0.2, 0.25) is 5.91 Å². The Morgan fingerprint density at radius 3 is 2.68 bits per heavy atom. The number of carbonyl (C=O) groups excluding carboxylic acids is 2. The van der Waals surface area contributed by atoms with Crippen LogP contribution in [0, 0.1) is 11.6 Å². The lowest BCUT2D eigenvalue weighted by Gasteiger charge is -2.21. The summed E-state index contributed by atoms with van der Waals surface area (Å²) in [4.78, 5) is 25.8. The third-order valence-electron chi connectivity index (χ3n) is 4.78. The Morgan fingerprint density at radius 1 is 1.32 bits per heavy atom. The summed E-state index contributed by atoms with van der Waals surface area (Å²) >= 11 is 0. The molecule has 0 radical (unpaired) electrons. The summed E-state index contributed by atoms with van der Waals surface area (Å²) in [6.45, 7) is 2.26. The Bertz CT molecular complexity index is 914. The number of fused-ring (bicyclic) bond motifs is 1. The molecule has 10 heteroatoms. The van der Waals surface area contributed by atoms with Gasteiger partial charge < -0.3 is 15.0 Å². The monoisotopic (exact) mass is 391 g/mol. The van der Waals surface area contributed by atoms with Crippen LogP contribution in [0.5, 0.6) is 0 Å². The van der Waals surface area contributed by atoms with Gasteiger partial charge in [0.1, 0.15) is 11.8 Å². The van der Waals surface area contributed by atoms with Gasteiger partial charge in [0.05, 0.1) is 31.0 Å². The van der Waals surface area contributed by atoms with Crippen LogP contribution in [0.1, 0.15) is 18.2 Å². The molecule has 1 atom stereocenters. The van der Waals surface area contributed by atoms with E-state index in [-0.39, 0.29) is 30.4 Å². The molecular weight excluding hydrogens is 372 g/mol. The molecule has 3 heterocycles. The summed E-state index contributed by atoms with van der Waals surface area (Å²) in [6.07, 6.45) is 0.539. The third-order valence-corrected chi connectivity index (χ3v) is 4.78. The van der Waals surface area contributed by atoms with Crippen LogP contribution in [-0.2, 0) is 29.7 Å². The number of halogens is 2. The van der Waals surface area contributed by atoms with E-state index in [4.69, 9.17) is 4.74 Å². The van der Waals surface area contributed by atoms with Crippen molar-refractivity contribution in [3.8, 4) is 0 Å². The number of hydrogen-bond donors (Lipinski definition) is 1. The molecule has 1 fully saturated rings. The lowest BCUT2D eigenvalue weighted by molar-refractivity contribution is -0.119. The van der Waals surface area contributed by atoms with Crippen molar-refractivity contribution in [3.63, 3.8) is 0 Å². The van der Waals surface area contributed by atoms with Gasteiger partial charge in [-0.05, 0) is 0 Å². The van der Waals surface area contributed by atoms with Crippen LogP contribution in [0.2, 0.25) is 0 Å². The van der Waals surface area contributed by atoms with Gasteiger partial charge in [-0.1, -0.05) is 0 Å². The molecule has 2 aromatic rings.